The number of nitrogens with zero attached hydrogens (tertiary/aromatic N) is 4. The topological polar surface area (TPSA) is 201 Å². The molecule has 0 saturated heterocycles. The monoisotopic (exact) mass is 614 g/mol. The van der Waals surface area contributed by atoms with Crippen LogP contribution in [-0.4, -0.2) is 63.1 Å². The van der Waals surface area contributed by atoms with Crippen LogP contribution in [0, 0.1) is 5.92 Å². The molecule has 15 heteroatoms. The molecule has 42 heavy (non-hydrogen) atoms. The average Bonchev–Trinajstić information content (AvgIpc) is 2.95. The van der Waals surface area contributed by atoms with Crippen LogP contribution in [-0.2, 0) is 11.2 Å². The molecule has 12 nitrogen and oxygen atoms in total. The minimum Gasteiger partial charge on any atom is -0.426 e. The van der Waals surface area contributed by atoms with Gasteiger partial charge >= 0.3 is 7.12 Å². The van der Waals surface area contributed by atoms with Gasteiger partial charge in [-0.2, -0.15) is 5.10 Å². The van der Waals surface area contributed by atoms with Crippen molar-refractivity contribution in [2.75, 3.05) is 0 Å². The Bertz CT molecular complexity index is 1320. The molecule has 222 valence electrons. The Kier molecular flexibility index (Phi) is 14.4. The summed E-state index contributed by atoms with van der Waals surface area (Å²) in [6.45, 7) is 3.83. The highest BCUT2D eigenvalue weighted by Crippen LogP contribution is 2.22. The van der Waals surface area contributed by atoms with Crippen LogP contribution in [0.4, 0.5) is 0 Å². The zero-order chi connectivity index (χ0) is 31.1. The van der Waals surface area contributed by atoms with Crippen molar-refractivity contribution in [3.8, 4) is 0 Å². The summed E-state index contributed by atoms with van der Waals surface area (Å²) >= 11 is 11.7. The Hall–Kier alpha value is -4.04. The number of carbonyl (C=O) groups excluding carboxylic acids is 2. The van der Waals surface area contributed by atoms with E-state index in [1.54, 1.807) is 18.2 Å². The maximum Gasteiger partial charge on any atom is 0.475 e. The molecule has 1 aromatic heterocycles. The lowest BCUT2D eigenvalue weighted by Crippen LogP contribution is -2.55. The van der Waals surface area contributed by atoms with E-state index in [-0.39, 0.29) is 24.0 Å². The first-order valence-corrected chi connectivity index (χ1v) is 13.6. The van der Waals surface area contributed by atoms with Crippen LogP contribution in [0.1, 0.15) is 41.9 Å². The largest absolute Gasteiger partial charge is 0.475 e. The predicted octanol–water partition coefficient (Wildman–Crippen LogP) is 1.96. The van der Waals surface area contributed by atoms with Crippen LogP contribution < -0.4 is 22.1 Å². The number of amides is 2. The molecule has 2 amide bonds. The lowest BCUT2D eigenvalue weighted by atomic mass is 9.75. The third-order valence-corrected chi connectivity index (χ3v) is 6.13. The second-order valence-electron chi connectivity index (χ2n) is 9.37. The summed E-state index contributed by atoms with van der Waals surface area (Å²) in [6, 6.07) is 13.5. The van der Waals surface area contributed by atoms with E-state index in [1.165, 1.54) is 24.8 Å². The van der Waals surface area contributed by atoms with E-state index in [0.717, 1.165) is 5.56 Å². The van der Waals surface area contributed by atoms with Gasteiger partial charge in [-0.3, -0.25) is 14.6 Å². The molecule has 1 heterocycles. The lowest BCUT2D eigenvalue weighted by molar-refractivity contribution is -0.123. The molecule has 0 saturated carbocycles. The quantitative estimate of drug-likeness (QED) is 0.0813. The summed E-state index contributed by atoms with van der Waals surface area (Å²) in [6.07, 6.45) is 6.18. The molecule has 0 fully saturated rings. The maximum absolute atomic E-state index is 12.8. The third kappa shape index (κ3) is 12.2. The molecule has 3 rings (SSSR count). The number of halogens is 2. The number of guanidine groups is 1. The number of hydrogen-bond donors (Lipinski definition) is 6. The molecule has 0 spiro atoms. The van der Waals surface area contributed by atoms with E-state index >= 15 is 0 Å². The summed E-state index contributed by atoms with van der Waals surface area (Å²) < 4.78 is 0. The van der Waals surface area contributed by atoms with Gasteiger partial charge in [0.25, 0.3) is 5.91 Å². The van der Waals surface area contributed by atoms with Crippen LogP contribution in [0.15, 0.2) is 77.3 Å². The SMILES string of the molecule is CC(C)C[C@H](NC(=O)[C@H](Cc1ccccc1)NC(=O)c1cnccn1)B(O)O.NC(N)=N/N=C/c1c(Cl)cccc1Cl. The van der Waals surface area contributed by atoms with E-state index in [9.17, 15) is 19.6 Å². The first-order chi connectivity index (χ1) is 20.0. The number of nitrogens with two attached hydrogens (primary N) is 2. The minimum atomic E-state index is -1.69. The molecule has 0 aliphatic rings. The molecule has 0 aliphatic heterocycles. The summed E-state index contributed by atoms with van der Waals surface area (Å²) in [4.78, 5) is 33.1. The Morgan fingerprint density at radius 3 is 2.24 bits per heavy atom. The van der Waals surface area contributed by atoms with Gasteiger partial charge in [-0.05, 0) is 30.0 Å². The highest BCUT2D eigenvalue weighted by Gasteiger charge is 2.30. The maximum atomic E-state index is 12.8. The molecule has 3 aromatic rings. The van der Waals surface area contributed by atoms with Crippen LogP contribution in [0.3, 0.4) is 0 Å². The number of hydrogen-bond acceptors (Lipinski definition) is 8. The Morgan fingerprint density at radius 1 is 1.02 bits per heavy atom. The molecule has 2 atom stereocenters. The second-order valence-corrected chi connectivity index (χ2v) is 10.2. The van der Waals surface area contributed by atoms with Crippen molar-refractivity contribution in [1.82, 2.24) is 20.6 Å². The van der Waals surface area contributed by atoms with Crippen molar-refractivity contribution in [3.05, 3.63) is 94.0 Å². The van der Waals surface area contributed by atoms with Crippen LogP contribution in [0.2, 0.25) is 10.0 Å². The van der Waals surface area contributed by atoms with Crippen molar-refractivity contribution in [2.45, 2.75) is 38.7 Å². The van der Waals surface area contributed by atoms with E-state index in [2.05, 4.69) is 30.8 Å². The van der Waals surface area contributed by atoms with E-state index in [4.69, 9.17) is 34.7 Å². The van der Waals surface area contributed by atoms with Gasteiger partial charge in [0, 0.05) is 24.4 Å². The van der Waals surface area contributed by atoms with Gasteiger partial charge in [-0.1, -0.05) is 73.4 Å². The molecule has 8 N–H and O–H groups in total. The summed E-state index contributed by atoms with van der Waals surface area (Å²) in [5, 5.41) is 32.5. The van der Waals surface area contributed by atoms with Gasteiger partial charge in [0.05, 0.1) is 28.4 Å². The van der Waals surface area contributed by atoms with Gasteiger partial charge in [0.15, 0.2) is 0 Å². The predicted molar refractivity (Wildman–Crippen MR) is 165 cm³/mol. The highest BCUT2D eigenvalue weighted by molar-refractivity contribution is 6.43. The standard InChI is InChI=1S/C19H25BN4O4.C8H8Cl2N4/c1-13(2)10-17(20(27)28)24-18(25)15(11-14-6-4-3-5-7-14)23-19(26)16-12-21-8-9-22-16;9-6-2-1-3-7(10)5(6)4-13-14-8(11)12/h3-9,12-13,15,17,27-28H,10-11H2,1-2H3,(H,23,26)(H,24,25);1-4H,(H4,11,12,14)/b;13-4+/t15-,17-;/m0./s1. The highest BCUT2D eigenvalue weighted by atomic mass is 35.5. The number of aromatic nitrogens is 2. The first kappa shape index (κ1) is 34.2. The fraction of sp³-hybridized carbons (Fsp3) is 0.259. The molecule has 0 unspecified atom stereocenters. The number of benzene rings is 2. The minimum absolute atomic E-state index is 0.0919. The van der Waals surface area contributed by atoms with Crippen molar-refractivity contribution in [2.24, 2.45) is 27.6 Å². The molecule has 0 aliphatic carbocycles. The number of nitrogens with one attached hydrogen (secondary N) is 2. The number of carbonyl (C=O) groups is 2. The summed E-state index contributed by atoms with van der Waals surface area (Å²) in [7, 11) is -1.69. The van der Waals surface area contributed by atoms with Gasteiger partial charge in [-0.25, -0.2) is 4.98 Å². The fourth-order valence-electron chi connectivity index (χ4n) is 3.54. The van der Waals surface area contributed by atoms with Crippen LogP contribution in [0.5, 0.6) is 0 Å². The van der Waals surface area contributed by atoms with Gasteiger partial charge in [0.1, 0.15) is 11.7 Å². The molecular formula is C27H33BCl2N8O4. The normalized spacial score (nSPS) is 12.1. The van der Waals surface area contributed by atoms with Gasteiger partial charge < -0.3 is 32.1 Å². The Labute approximate surface area is 254 Å². The van der Waals surface area contributed by atoms with Crippen molar-refractivity contribution >= 4 is 54.3 Å². The Balaban J connectivity index is 0.000000369. The zero-order valence-electron chi connectivity index (χ0n) is 23.1. The number of rotatable bonds is 11. The Morgan fingerprint density at radius 2 is 1.69 bits per heavy atom. The van der Waals surface area contributed by atoms with Crippen LogP contribution in [0.25, 0.3) is 0 Å². The van der Waals surface area contributed by atoms with Crippen LogP contribution >= 0.6 is 23.2 Å². The van der Waals surface area contributed by atoms with E-state index in [1.807, 2.05) is 44.2 Å². The average molecular weight is 615 g/mol. The molecule has 2 aromatic carbocycles. The smallest absolute Gasteiger partial charge is 0.426 e. The zero-order valence-corrected chi connectivity index (χ0v) is 24.6. The second kappa shape index (κ2) is 17.7. The summed E-state index contributed by atoms with van der Waals surface area (Å²) in [5.74, 6) is -1.84. The van der Waals surface area contributed by atoms with Gasteiger partial charge in [-0.15, -0.1) is 5.10 Å². The molecule has 0 bridgehead atoms. The molecule has 0 radical (unpaired) electrons. The van der Waals surface area contributed by atoms with Gasteiger partial charge in [0.2, 0.25) is 11.9 Å². The molecular weight excluding hydrogens is 582 g/mol. The third-order valence-electron chi connectivity index (χ3n) is 5.47. The first-order valence-electron chi connectivity index (χ1n) is 12.8. The van der Waals surface area contributed by atoms with Crippen molar-refractivity contribution in [1.29, 1.82) is 0 Å². The lowest BCUT2D eigenvalue weighted by Gasteiger charge is -2.24. The van der Waals surface area contributed by atoms with Crippen molar-refractivity contribution in [3.63, 3.8) is 0 Å². The van der Waals surface area contributed by atoms with E-state index in [0.29, 0.717) is 22.0 Å². The van der Waals surface area contributed by atoms with E-state index < -0.39 is 30.9 Å². The van der Waals surface area contributed by atoms with Crippen molar-refractivity contribution < 1.29 is 19.6 Å². The fourth-order valence-corrected chi connectivity index (χ4v) is 4.04. The summed E-state index contributed by atoms with van der Waals surface area (Å²) in [5.41, 5.74) is 11.7.